The Morgan fingerprint density at radius 2 is 1.82 bits per heavy atom. The smallest absolute Gasteiger partial charge is 0.232 e. The van der Waals surface area contributed by atoms with Crippen molar-refractivity contribution in [3.63, 3.8) is 0 Å². The maximum atomic E-state index is 12.9. The van der Waals surface area contributed by atoms with E-state index in [0.717, 1.165) is 12.1 Å². The molecule has 2 atom stereocenters. The summed E-state index contributed by atoms with van der Waals surface area (Å²) < 4.78 is 0. The molecule has 0 saturated heterocycles. The Kier molecular flexibility index (Phi) is 2.96. The average molecular weight is 299 g/mol. The molecule has 2 fully saturated rings. The molecule has 5 heteroatoms. The summed E-state index contributed by atoms with van der Waals surface area (Å²) in [6, 6.07) is 9.44. The van der Waals surface area contributed by atoms with Crippen LogP contribution >= 0.6 is 0 Å². The van der Waals surface area contributed by atoms with Crippen molar-refractivity contribution in [2.75, 3.05) is 5.43 Å². The molecule has 0 aliphatic heterocycles. The predicted molar refractivity (Wildman–Crippen MR) is 85.3 cm³/mol. The number of nitrogens with one attached hydrogen (secondary N) is 1. The molecule has 0 spiro atoms. The number of fused-ring (bicyclic) bond motifs is 2. The summed E-state index contributed by atoms with van der Waals surface area (Å²) >= 11 is 0. The summed E-state index contributed by atoms with van der Waals surface area (Å²) in [5.74, 6) is -0.752. The molecule has 22 heavy (non-hydrogen) atoms. The van der Waals surface area contributed by atoms with Gasteiger partial charge >= 0.3 is 0 Å². The van der Waals surface area contributed by atoms with Crippen molar-refractivity contribution in [1.29, 1.82) is 0 Å². The summed E-state index contributed by atoms with van der Waals surface area (Å²) in [5.41, 5.74) is 7.71. The summed E-state index contributed by atoms with van der Waals surface area (Å²) in [6.45, 7) is 5.91. The zero-order chi connectivity index (χ0) is 16.2. The number of para-hydroxylation sites is 1. The number of amides is 1. The van der Waals surface area contributed by atoms with Gasteiger partial charge in [0.2, 0.25) is 5.91 Å². The number of hydrogen-bond acceptors (Lipinski definition) is 4. The van der Waals surface area contributed by atoms with Gasteiger partial charge in [-0.15, -0.1) is 0 Å². The predicted octanol–water partition coefficient (Wildman–Crippen LogP) is 2.34. The van der Waals surface area contributed by atoms with E-state index in [1.54, 1.807) is 0 Å². The maximum Gasteiger partial charge on any atom is 0.232 e. The lowest BCUT2D eigenvalue weighted by Gasteiger charge is -2.36. The monoisotopic (exact) mass is 299 g/mol. The van der Waals surface area contributed by atoms with Crippen LogP contribution in [-0.2, 0) is 9.59 Å². The maximum absolute atomic E-state index is 12.9. The number of carbonyl (C=O) groups excluding carboxylic acids is 2. The Labute approximate surface area is 130 Å². The number of primary amides is 1. The summed E-state index contributed by atoms with van der Waals surface area (Å²) in [5, 5.41) is 4.36. The first-order valence-electron chi connectivity index (χ1n) is 7.51. The highest BCUT2D eigenvalue weighted by Crippen LogP contribution is 2.69. The fraction of sp³-hybridized carbons (Fsp3) is 0.471. The lowest BCUT2D eigenvalue weighted by molar-refractivity contribution is -0.141. The lowest BCUT2D eigenvalue weighted by Crippen LogP contribution is -2.48. The van der Waals surface area contributed by atoms with Gasteiger partial charge in [0, 0.05) is 5.41 Å². The lowest BCUT2D eigenvalue weighted by atomic mass is 9.64. The van der Waals surface area contributed by atoms with Crippen molar-refractivity contribution >= 4 is 23.1 Å². The normalized spacial score (nSPS) is 34.1. The molecule has 2 unspecified atom stereocenters. The van der Waals surface area contributed by atoms with Crippen LogP contribution in [0.3, 0.4) is 0 Å². The Morgan fingerprint density at radius 1 is 1.18 bits per heavy atom. The molecule has 0 aromatic heterocycles. The highest BCUT2D eigenvalue weighted by molar-refractivity contribution is 6.50. The van der Waals surface area contributed by atoms with Crippen molar-refractivity contribution in [1.82, 2.24) is 0 Å². The fourth-order valence-corrected chi connectivity index (χ4v) is 4.15. The number of carbonyl (C=O) groups is 2. The third-order valence-electron chi connectivity index (χ3n) is 6.06. The summed E-state index contributed by atoms with van der Waals surface area (Å²) in [7, 11) is 0. The highest BCUT2D eigenvalue weighted by Gasteiger charge is 2.76. The number of rotatable bonds is 3. The van der Waals surface area contributed by atoms with Crippen LogP contribution in [-0.4, -0.2) is 17.4 Å². The molecule has 0 heterocycles. The van der Waals surface area contributed by atoms with Crippen LogP contribution < -0.4 is 11.2 Å². The summed E-state index contributed by atoms with van der Waals surface area (Å²) in [6.07, 6.45) is 1.25. The molecular weight excluding hydrogens is 278 g/mol. The van der Waals surface area contributed by atoms with Crippen LogP contribution in [0.15, 0.2) is 35.4 Å². The quantitative estimate of drug-likeness (QED) is 0.663. The zero-order valence-corrected chi connectivity index (χ0v) is 13.1. The van der Waals surface area contributed by atoms with E-state index in [4.69, 9.17) is 5.73 Å². The first kappa shape index (κ1) is 14.8. The Hall–Kier alpha value is -2.17. The first-order valence-corrected chi connectivity index (χ1v) is 7.51. The first-order chi connectivity index (χ1) is 10.3. The van der Waals surface area contributed by atoms with E-state index >= 15 is 0 Å². The van der Waals surface area contributed by atoms with E-state index in [2.05, 4.69) is 10.5 Å². The molecule has 0 radical (unpaired) electrons. The third kappa shape index (κ3) is 1.51. The topological polar surface area (TPSA) is 84.6 Å². The Balaban J connectivity index is 2.04. The van der Waals surface area contributed by atoms with Gasteiger partial charge in [0.1, 0.15) is 11.1 Å². The van der Waals surface area contributed by atoms with Gasteiger partial charge in [0.15, 0.2) is 5.78 Å². The van der Waals surface area contributed by atoms with Crippen molar-refractivity contribution in [2.24, 2.45) is 27.1 Å². The van der Waals surface area contributed by atoms with Gasteiger partial charge < -0.3 is 5.73 Å². The van der Waals surface area contributed by atoms with Gasteiger partial charge in [-0.3, -0.25) is 15.0 Å². The van der Waals surface area contributed by atoms with Gasteiger partial charge in [-0.25, -0.2) is 0 Å². The van der Waals surface area contributed by atoms with E-state index in [1.807, 2.05) is 51.1 Å². The molecule has 1 aromatic carbocycles. The molecule has 1 amide bonds. The number of Topliss-reactive ketones (excluding diaryl/α,β-unsaturated/α-hetero) is 1. The van der Waals surface area contributed by atoms with Crippen molar-refractivity contribution in [2.45, 2.75) is 33.6 Å². The van der Waals surface area contributed by atoms with Crippen molar-refractivity contribution in [3.8, 4) is 0 Å². The van der Waals surface area contributed by atoms with Gasteiger partial charge in [-0.05, 0) is 30.4 Å². The minimum absolute atomic E-state index is 0.220. The Morgan fingerprint density at radius 3 is 2.36 bits per heavy atom. The van der Waals surface area contributed by atoms with Crippen LogP contribution in [0.5, 0.6) is 0 Å². The number of benzene rings is 1. The van der Waals surface area contributed by atoms with Gasteiger partial charge in [-0.2, -0.15) is 5.10 Å². The van der Waals surface area contributed by atoms with Crippen LogP contribution in [0.2, 0.25) is 0 Å². The van der Waals surface area contributed by atoms with E-state index in [9.17, 15) is 9.59 Å². The molecular formula is C17H21N3O2. The molecule has 1 aromatic rings. The number of hydrazone groups is 1. The van der Waals surface area contributed by atoms with Gasteiger partial charge in [0.25, 0.3) is 0 Å². The minimum atomic E-state index is -1.13. The molecule has 3 rings (SSSR count). The second kappa shape index (κ2) is 4.41. The Bertz CT molecular complexity index is 680. The summed E-state index contributed by atoms with van der Waals surface area (Å²) in [4.78, 5) is 25.0. The average Bonchev–Trinajstić information content (AvgIpc) is 2.75. The molecule has 2 aliphatic carbocycles. The van der Waals surface area contributed by atoms with Crippen molar-refractivity contribution < 1.29 is 9.59 Å². The van der Waals surface area contributed by atoms with Crippen LogP contribution in [0, 0.1) is 16.2 Å². The molecule has 5 nitrogen and oxygen atoms in total. The van der Waals surface area contributed by atoms with E-state index in [-0.39, 0.29) is 5.78 Å². The molecule has 2 aliphatic rings. The highest BCUT2D eigenvalue weighted by atomic mass is 16.2. The number of hydrogen-bond donors (Lipinski definition) is 2. The van der Waals surface area contributed by atoms with Gasteiger partial charge in [-0.1, -0.05) is 39.0 Å². The molecule has 3 N–H and O–H groups in total. The third-order valence-corrected chi connectivity index (χ3v) is 6.06. The van der Waals surface area contributed by atoms with Gasteiger partial charge in [0.05, 0.1) is 5.69 Å². The SMILES string of the molecule is CC12CCC(C(N)=O)(C(=O)C1=NNc1ccccc1)C2(C)C. The van der Waals surface area contributed by atoms with E-state index in [0.29, 0.717) is 12.1 Å². The van der Waals surface area contributed by atoms with E-state index < -0.39 is 22.2 Å². The molecule has 2 bridgehead atoms. The standard InChI is InChI=1S/C17H21N3O2/c1-15(2)16(3)9-10-17(15,14(18)22)13(21)12(16)20-19-11-7-5-4-6-8-11/h4-8,19H,9-10H2,1-3H3,(H2,18,22). The zero-order valence-electron chi connectivity index (χ0n) is 13.1. The minimum Gasteiger partial charge on any atom is -0.369 e. The van der Waals surface area contributed by atoms with Crippen LogP contribution in [0.1, 0.15) is 33.6 Å². The molecule has 116 valence electrons. The second-order valence-electron chi connectivity index (χ2n) is 6.99. The number of ketones is 1. The van der Waals surface area contributed by atoms with E-state index in [1.165, 1.54) is 0 Å². The second-order valence-corrected chi connectivity index (χ2v) is 6.99. The van der Waals surface area contributed by atoms with Crippen LogP contribution in [0.4, 0.5) is 5.69 Å². The van der Waals surface area contributed by atoms with Crippen LogP contribution in [0.25, 0.3) is 0 Å². The largest absolute Gasteiger partial charge is 0.369 e. The number of nitrogens with two attached hydrogens (primary N) is 1. The molecule has 2 saturated carbocycles. The number of anilines is 1. The number of nitrogens with zero attached hydrogens (tertiary/aromatic N) is 1. The van der Waals surface area contributed by atoms with Crippen molar-refractivity contribution in [3.05, 3.63) is 30.3 Å². The fourth-order valence-electron chi connectivity index (χ4n) is 4.15.